The molecule has 1 fully saturated rings. The molecule has 1 aliphatic rings. The standard InChI is InChI=1S/C9H20N2O2S/c1-8(2)14(12,13)11-7-9(6-10)4-3-5-9/h8,11H,3-7,10H2,1-2H3. The molecule has 1 aliphatic carbocycles. The van der Waals surface area contributed by atoms with E-state index in [-0.39, 0.29) is 10.7 Å². The Bertz CT molecular complexity index is 276. The van der Waals surface area contributed by atoms with E-state index in [4.69, 9.17) is 5.73 Å². The summed E-state index contributed by atoms with van der Waals surface area (Å²) in [5.41, 5.74) is 5.68. The van der Waals surface area contributed by atoms with E-state index in [2.05, 4.69) is 4.72 Å². The van der Waals surface area contributed by atoms with Crippen LogP contribution in [0.2, 0.25) is 0 Å². The summed E-state index contributed by atoms with van der Waals surface area (Å²) in [7, 11) is -3.12. The second kappa shape index (κ2) is 4.16. The van der Waals surface area contributed by atoms with Crippen molar-refractivity contribution in [3.63, 3.8) is 0 Å². The normalized spacial score (nSPS) is 20.9. The maximum Gasteiger partial charge on any atom is 0.213 e. The third kappa shape index (κ3) is 2.46. The van der Waals surface area contributed by atoms with Gasteiger partial charge in [-0.2, -0.15) is 0 Å². The van der Waals surface area contributed by atoms with Gasteiger partial charge < -0.3 is 5.73 Å². The van der Waals surface area contributed by atoms with Crippen molar-refractivity contribution in [3.8, 4) is 0 Å². The average molecular weight is 220 g/mol. The number of nitrogens with two attached hydrogens (primary N) is 1. The number of rotatable bonds is 5. The molecule has 5 heteroatoms. The van der Waals surface area contributed by atoms with Crippen LogP contribution in [0, 0.1) is 5.41 Å². The lowest BCUT2D eigenvalue weighted by molar-refractivity contribution is 0.150. The first-order valence-corrected chi connectivity index (χ1v) is 6.65. The molecule has 4 nitrogen and oxygen atoms in total. The molecule has 1 rings (SSSR count). The maximum absolute atomic E-state index is 11.5. The van der Waals surface area contributed by atoms with Gasteiger partial charge in [-0.1, -0.05) is 6.42 Å². The van der Waals surface area contributed by atoms with Crippen molar-refractivity contribution in [2.75, 3.05) is 13.1 Å². The minimum Gasteiger partial charge on any atom is -0.330 e. The summed E-state index contributed by atoms with van der Waals surface area (Å²) in [6.07, 6.45) is 3.26. The van der Waals surface area contributed by atoms with Crippen LogP contribution in [0.15, 0.2) is 0 Å². The Morgan fingerprint density at radius 2 is 2.00 bits per heavy atom. The molecule has 84 valence electrons. The van der Waals surface area contributed by atoms with Crippen LogP contribution in [0.5, 0.6) is 0 Å². The summed E-state index contributed by atoms with van der Waals surface area (Å²) in [5, 5.41) is -0.364. The second-order valence-corrected chi connectivity index (χ2v) is 6.79. The summed E-state index contributed by atoms with van der Waals surface area (Å²) in [6, 6.07) is 0. The molecule has 0 aliphatic heterocycles. The minimum atomic E-state index is -3.12. The van der Waals surface area contributed by atoms with Gasteiger partial charge in [-0.15, -0.1) is 0 Å². The molecular weight excluding hydrogens is 200 g/mol. The fourth-order valence-electron chi connectivity index (χ4n) is 1.55. The predicted octanol–water partition coefficient (Wildman–Crippen LogP) is 0.443. The van der Waals surface area contributed by atoms with Gasteiger partial charge in [0.1, 0.15) is 0 Å². The molecule has 3 N–H and O–H groups in total. The fourth-order valence-corrected chi connectivity index (χ4v) is 2.39. The molecule has 1 saturated carbocycles. The third-order valence-corrected chi connectivity index (χ3v) is 4.90. The Labute approximate surface area is 86.3 Å². The zero-order valence-electron chi connectivity index (χ0n) is 8.91. The van der Waals surface area contributed by atoms with Crippen molar-refractivity contribution in [1.29, 1.82) is 0 Å². The first-order valence-electron chi connectivity index (χ1n) is 5.10. The summed E-state index contributed by atoms with van der Waals surface area (Å²) in [6.45, 7) is 4.44. The Balaban J connectivity index is 2.47. The van der Waals surface area contributed by atoms with Gasteiger partial charge in [-0.25, -0.2) is 13.1 Å². The summed E-state index contributed by atoms with van der Waals surface area (Å²) in [5.74, 6) is 0. The van der Waals surface area contributed by atoms with Gasteiger partial charge in [-0.05, 0) is 38.6 Å². The van der Waals surface area contributed by atoms with Crippen LogP contribution in [-0.4, -0.2) is 26.8 Å². The molecule has 14 heavy (non-hydrogen) atoms. The molecule has 0 aromatic heterocycles. The van der Waals surface area contributed by atoms with Crippen LogP contribution >= 0.6 is 0 Å². The molecule has 0 saturated heterocycles. The highest BCUT2D eigenvalue weighted by Gasteiger charge is 2.36. The molecule has 0 bridgehead atoms. The monoisotopic (exact) mass is 220 g/mol. The van der Waals surface area contributed by atoms with Crippen molar-refractivity contribution in [2.45, 2.75) is 38.4 Å². The van der Waals surface area contributed by atoms with Gasteiger partial charge in [0, 0.05) is 6.54 Å². The molecule has 0 atom stereocenters. The van der Waals surface area contributed by atoms with E-state index in [1.54, 1.807) is 13.8 Å². The molecule has 0 heterocycles. The quantitative estimate of drug-likeness (QED) is 0.706. The van der Waals surface area contributed by atoms with Crippen LogP contribution in [0.4, 0.5) is 0 Å². The van der Waals surface area contributed by atoms with E-state index in [1.807, 2.05) is 0 Å². The number of hydrogen-bond donors (Lipinski definition) is 2. The van der Waals surface area contributed by atoms with Crippen LogP contribution in [0.25, 0.3) is 0 Å². The molecule has 0 radical (unpaired) electrons. The molecule has 0 amide bonds. The topological polar surface area (TPSA) is 72.2 Å². The Morgan fingerprint density at radius 1 is 1.43 bits per heavy atom. The first-order chi connectivity index (χ1) is 6.42. The van der Waals surface area contributed by atoms with Gasteiger partial charge in [0.05, 0.1) is 5.25 Å². The Kier molecular flexibility index (Phi) is 3.55. The minimum absolute atomic E-state index is 0.0436. The van der Waals surface area contributed by atoms with Crippen LogP contribution in [0.1, 0.15) is 33.1 Å². The van der Waals surface area contributed by atoms with Crippen LogP contribution in [-0.2, 0) is 10.0 Å². The van der Waals surface area contributed by atoms with Crippen molar-refractivity contribution >= 4 is 10.0 Å². The van der Waals surface area contributed by atoms with E-state index in [1.165, 1.54) is 6.42 Å². The molecule has 0 aromatic rings. The summed E-state index contributed by atoms with van der Waals surface area (Å²) in [4.78, 5) is 0. The largest absolute Gasteiger partial charge is 0.330 e. The molecule has 0 spiro atoms. The summed E-state index contributed by atoms with van der Waals surface area (Å²) < 4.78 is 25.6. The zero-order chi connectivity index (χ0) is 10.8. The van der Waals surface area contributed by atoms with Gasteiger partial charge in [0.25, 0.3) is 0 Å². The van der Waals surface area contributed by atoms with E-state index in [9.17, 15) is 8.42 Å². The Morgan fingerprint density at radius 3 is 2.29 bits per heavy atom. The van der Waals surface area contributed by atoms with Gasteiger partial charge >= 0.3 is 0 Å². The lowest BCUT2D eigenvalue weighted by atomic mass is 9.69. The van der Waals surface area contributed by atoms with Gasteiger partial charge in [0.2, 0.25) is 10.0 Å². The van der Waals surface area contributed by atoms with Crippen molar-refractivity contribution < 1.29 is 8.42 Å². The lowest BCUT2D eigenvalue weighted by Gasteiger charge is -2.41. The number of sulfonamides is 1. The smallest absolute Gasteiger partial charge is 0.213 e. The zero-order valence-corrected chi connectivity index (χ0v) is 9.73. The van der Waals surface area contributed by atoms with Crippen molar-refractivity contribution in [1.82, 2.24) is 4.72 Å². The van der Waals surface area contributed by atoms with Gasteiger partial charge in [-0.3, -0.25) is 0 Å². The van der Waals surface area contributed by atoms with Crippen LogP contribution < -0.4 is 10.5 Å². The Hall–Kier alpha value is -0.130. The van der Waals surface area contributed by atoms with E-state index in [0.29, 0.717) is 13.1 Å². The van der Waals surface area contributed by atoms with Crippen molar-refractivity contribution in [3.05, 3.63) is 0 Å². The highest BCUT2D eigenvalue weighted by molar-refractivity contribution is 7.90. The highest BCUT2D eigenvalue weighted by Crippen LogP contribution is 2.39. The van der Waals surface area contributed by atoms with E-state index >= 15 is 0 Å². The van der Waals surface area contributed by atoms with Gasteiger partial charge in [0.15, 0.2) is 0 Å². The molecular formula is C9H20N2O2S. The van der Waals surface area contributed by atoms with Crippen LogP contribution in [0.3, 0.4) is 0 Å². The van der Waals surface area contributed by atoms with Crippen molar-refractivity contribution in [2.24, 2.45) is 11.1 Å². The number of hydrogen-bond acceptors (Lipinski definition) is 3. The number of nitrogens with one attached hydrogen (secondary N) is 1. The van der Waals surface area contributed by atoms with E-state index in [0.717, 1.165) is 12.8 Å². The SMILES string of the molecule is CC(C)S(=O)(=O)NCC1(CN)CCC1. The molecule has 0 unspecified atom stereocenters. The summed E-state index contributed by atoms with van der Waals surface area (Å²) >= 11 is 0. The first kappa shape index (κ1) is 11.9. The lowest BCUT2D eigenvalue weighted by Crippen LogP contribution is -2.48. The predicted molar refractivity (Wildman–Crippen MR) is 57.4 cm³/mol. The fraction of sp³-hybridized carbons (Fsp3) is 1.00. The average Bonchev–Trinajstić information content (AvgIpc) is 2.02. The van der Waals surface area contributed by atoms with E-state index < -0.39 is 10.0 Å². The maximum atomic E-state index is 11.5. The second-order valence-electron chi connectivity index (χ2n) is 4.47. The molecule has 0 aromatic carbocycles. The third-order valence-electron chi connectivity index (χ3n) is 3.12. The highest BCUT2D eigenvalue weighted by atomic mass is 32.2.